The molecule has 0 aromatic rings. The molecule has 0 bridgehead atoms. The normalized spacial score (nSPS) is 15.4. The van der Waals surface area contributed by atoms with Crippen LogP contribution in [0.3, 0.4) is 0 Å². The molecule has 0 rings (SSSR count). The zero-order valence-corrected chi connectivity index (χ0v) is 7.61. The van der Waals surface area contributed by atoms with E-state index in [-0.39, 0.29) is 12.1 Å². The lowest BCUT2D eigenvalue weighted by molar-refractivity contribution is -0.173. The number of nitrogens with zero attached hydrogens (tertiary/aromatic N) is 1. The lowest BCUT2D eigenvalue weighted by atomic mass is 10.1. The summed E-state index contributed by atoms with van der Waals surface area (Å²) in [6.07, 6.45) is 0.493. The maximum atomic E-state index is 10.6. The third kappa shape index (κ3) is 3.66. The maximum absolute atomic E-state index is 10.6. The molecule has 0 saturated carbocycles. The molecule has 2 atom stereocenters. The highest BCUT2D eigenvalue weighted by molar-refractivity contribution is 5.72. The number of hydrogen-bond acceptors (Lipinski definition) is 4. The summed E-state index contributed by atoms with van der Waals surface area (Å²) in [4.78, 5) is 10.6. The van der Waals surface area contributed by atoms with Gasteiger partial charge in [0.2, 0.25) is 5.91 Å². The number of rotatable bonds is 4. The molecule has 0 aliphatic carbocycles. The first-order valence-corrected chi connectivity index (χ1v) is 3.87. The molecular weight excluding hydrogens is 160 g/mol. The van der Waals surface area contributed by atoms with Crippen molar-refractivity contribution in [1.82, 2.24) is 10.5 Å². The molecule has 0 heterocycles. The number of nitrogens with one attached hydrogen (secondary N) is 1. The molecule has 0 aliphatic rings. The average molecular weight is 176 g/mol. The van der Waals surface area contributed by atoms with E-state index in [0.29, 0.717) is 11.5 Å². The van der Waals surface area contributed by atoms with Gasteiger partial charge < -0.3 is 5.21 Å². The van der Waals surface area contributed by atoms with Gasteiger partial charge in [0, 0.05) is 13.0 Å². The van der Waals surface area contributed by atoms with Gasteiger partial charge >= 0.3 is 0 Å². The van der Waals surface area contributed by atoms with Gasteiger partial charge in [-0.05, 0) is 20.3 Å². The van der Waals surface area contributed by atoms with Crippen LogP contribution in [0.15, 0.2) is 0 Å². The molecule has 0 aromatic carbocycles. The summed E-state index contributed by atoms with van der Waals surface area (Å²) < 4.78 is 0. The number of amides is 1. The minimum atomic E-state index is -0.396. The fourth-order valence-corrected chi connectivity index (χ4v) is 0.975. The highest BCUT2D eigenvalue weighted by atomic mass is 16.5. The van der Waals surface area contributed by atoms with Crippen molar-refractivity contribution < 1.29 is 15.2 Å². The van der Waals surface area contributed by atoms with Crippen LogP contribution in [0.2, 0.25) is 0 Å². The molecule has 3 N–H and O–H groups in total. The summed E-state index contributed by atoms with van der Waals surface area (Å²) in [5.41, 5.74) is 2.04. The molecule has 2 unspecified atom stereocenters. The monoisotopic (exact) mass is 176 g/mol. The molecule has 1 amide bonds. The van der Waals surface area contributed by atoms with Crippen molar-refractivity contribution in [2.24, 2.45) is 0 Å². The minimum absolute atomic E-state index is 0.144. The highest BCUT2D eigenvalue weighted by Crippen LogP contribution is 2.03. The van der Waals surface area contributed by atoms with Gasteiger partial charge in [0.05, 0.1) is 6.04 Å². The number of hydrogen-bond donors (Lipinski definition) is 3. The lowest BCUT2D eigenvalue weighted by Gasteiger charge is -2.23. The summed E-state index contributed by atoms with van der Waals surface area (Å²) in [6.45, 7) is 4.74. The van der Waals surface area contributed by atoms with Crippen LogP contribution in [0.4, 0.5) is 0 Å². The van der Waals surface area contributed by atoms with Crippen LogP contribution >= 0.6 is 0 Å². The van der Waals surface area contributed by atoms with Crippen molar-refractivity contribution in [1.29, 1.82) is 0 Å². The summed E-state index contributed by atoms with van der Waals surface area (Å²) in [6, 6.07) is -0.439. The van der Waals surface area contributed by atoms with Crippen molar-refractivity contribution in [3.05, 3.63) is 0 Å². The molecular formula is C7H16N2O3. The lowest BCUT2D eigenvalue weighted by Crippen LogP contribution is -2.38. The average Bonchev–Trinajstić information content (AvgIpc) is 2.02. The van der Waals surface area contributed by atoms with Crippen LogP contribution in [0, 0.1) is 0 Å². The Balaban J connectivity index is 3.86. The minimum Gasteiger partial charge on any atom is -0.317 e. The van der Waals surface area contributed by atoms with Crippen LogP contribution < -0.4 is 5.48 Å². The first-order chi connectivity index (χ1) is 5.49. The molecule has 5 nitrogen and oxygen atoms in total. The molecule has 72 valence electrons. The topological polar surface area (TPSA) is 72.8 Å². The Labute approximate surface area is 71.9 Å². The quantitative estimate of drug-likeness (QED) is 0.427. The van der Waals surface area contributed by atoms with Gasteiger partial charge in [0.15, 0.2) is 0 Å². The first kappa shape index (κ1) is 11.4. The number of hydroxylamine groups is 3. The Kier molecular flexibility index (Phi) is 4.80. The van der Waals surface area contributed by atoms with Crippen LogP contribution in [0.5, 0.6) is 0 Å². The highest BCUT2D eigenvalue weighted by Gasteiger charge is 2.16. The van der Waals surface area contributed by atoms with Gasteiger partial charge in [0.25, 0.3) is 0 Å². The van der Waals surface area contributed by atoms with Crippen molar-refractivity contribution >= 4 is 5.91 Å². The van der Waals surface area contributed by atoms with E-state index < -0.39 is 5.91 Å². The fourth-order valence-electron chi connectivity index (χ4n) is 0.975. The molecule has 0 radical (unpaired) electrons. The second-order valence-corrected chi connectivity index (χ2v) is 2.98. The van der Waals surface area contributed by atoms with Gasteiger partial charge in [-0.15, -0.1) is 0 Å². The third-order valence-corrected chi connectivity index (χ3v) is 1.66. The smallest absolute Gasteiger partial charge is 0.243 e. The van der Waals surface area contributed by atoms with Crippen LogP contribution in [0.25, 0.3) is 0 Å². The molecule has 5 heteroatoms. The van der Waals surface area contributed by atoms with Gasteiger partial charge in [-0.3, -0.25) is 10.0 Å². The molecule has 0 aliphatic heterocycles. The first-order valence-electron chi connectivity index (χ1n) is 3.87. The largest absolute Gasteiger partial charge is 0.317 e. The zero-order chi connectivity index (χ0) is 9.72. The van der Waals surface area contributed by atoms with E-state index in [4.69, 9.17) is 10.4 Å². The Bertz CT molecular complexity index is 152. The second kappa shape index (κ2) is 5.08. The van der Waals surface area contributed by atoms with Crippen molar-refractivity contribution in [2.45, 2.75) is 39.3 Å². The van der Waals surface area contributed by atoms with Gasteiger partial charge in [-0.25, -0.2) is 10.5 Å². The molecule has 0 saturated heterocycles. The summed E-state index contributed by atoms with van der Waals surface area (Å²) >= 11 is 0. The SMILES string of the molecule is CC(=O)N(O)C(C)CC(C)NO. The number of carbonyl (C=O) groups is 1. The van der Waals surface area contributed by atoms with Crippen molar-refractivity contribution in [3.8, 4) is 0 Å². The summed E-state index contributed by atoms with van der Waals surface area (Å²) in [7, 11) is 0. The zero-order valence-electron chi connectivity index (χ0n) is 7.61. The van der Waals surface area contributed by atoms with Crippen LogP contribution in [0.1, 0.15) is 27.2 Å². The van der Waals surface area contributed by atoms with E-state index in [0.717, 1.165) is 0 Å². The van der Waals surface area contributed by atoms with Crippen molar-refractivity contribution in [3.63, 3.8) is 0 Å². The van der Waals surface area contributed by atoms with E-state index in [1.54, 1.807) is 13.8 Å². The third-order valence-electron chi connectivity index (χ3n) is 1.66. The Morgan fingerprint density at radius 2 is 2.08 bits per heavy atom. The van der Waals surface area contributed by atoms with Crippen LogP contribution in [-0.2, 0) is 4.79 Å². The Morgan fingerprint density at radius 1 is 1.58 bits per heavy atom. The fraction of sp³-hybridized carbons (Fsp3) is 0.857. The van der Waals surface area contributed by atoms with E-state index in [1.165, 1.54) is 6.92 Å². The predicted octanol–water partition coefficient (Wildman–Crippen LogP) is 0.370. The predicted molar refractivity (Wildman–Crippen MR) is 42.8 cm³/mol. The van der Waals surface area contributed by atoms with Crippen LogP contribution in [-0.4, -0.2) is 33.5 Å². The second-order valence-electron chi connectivity index (χ2n) is 2.98. The van der Waals surface area contributed by atoms with Gasteiger partial charge in [-0.1, -0.05) is 0 Å². The standard InChI is InChI=1S/C7H16N2O3/c1-5(8-11)4-6(2)9(12)7(3)10/h5-6,8,11-12H,4H2,1-3H3. The molecule has 0 spiro atoms. The maximum Gasteiger partial charge on any atom is 0.243 e. The van der Waals surface area contributed by atoms with E-state index >= 15 is 0 Å². The van der Waals surface area contributed by atoms with Gasteiger partial charge in [0.1, 0.15) is 0 Å². The molecule has 0 fully saturated rings. The van der Waals surface area contributed by atoms with Crippen molar-refractivity contribution in [2.75, 3.05) is 0 Å². The van der Waals surface area contributed by atoms with Gasteiger partial charge in [-0.2, -0.15) is 0 Å². The Hall–Kier alpha value is -0.650. The van der Waals surface area contributed by atoms with E-state index in [9.17, 15) is 4.79 Å². The Morgan fingerprint density at radius 3 is 2.42 bits per heavy atom. The summed E-state index contributed by atoms with van der Waals surface area (Å²) in [5.74, 6) is -0.396. The number of carbonyl (C=O) groups excluding carboxylic acids is 1. The van der Waals surface area contributed by atoms with E-state index in [2.05, 4.69) is 0 Å². The summed E-state index contributed by atoms with van der Waals surface area (Å²) in [5, 5.41) is 18.2. The van der Waals surface area contributed by atoms with E-state index in [1.807, 2.05) is 5.48 Å². The molecule has 0 aromatic heterocycles. The molecule has 12 heavy (non-hydrogen) atoms.